The zero-order chi connectivity index (χ0) is 24.0. The second kappa shape index (κ2) is 18.3. The molecule has 0 spiro atoms. The van der Waals surface area contributed by atoms with Crippen LogP contribution in [0.5, 0.6) is 0 Å². The van der Waals surface area contributed by atoms with E-state index < -0.39 is 22.8 Å². The van der Waals surface area contributed by atoms with Gasteiger partial charge in [0.1, 0.15) is 0 Å². The van der Waals surface area contributed by atoms with Gasteiger partial charge in [-0.1, -0.05) is 127 Å². The number of rotatable bonds is 12. The molecule has 2 aromatic rings. The molecule has 2 rings (SSSR count). The van der Waals surface area contributed by atoms with E-state index in [0.717, 1.165) is 49.7 Å². The molecule has 0 saturated carbocycles. The number of carbonyl (C=O) groups is 2. The SMILES string of the molecule is CCCCCC(C)(C(=O)[O-])c1ccccc1.CCCCCC(C)(C(=O)[O-])c1ccccc1.[Li+].[Na+]. The fraction of sp³-hybridized carbons (Fsp3) is 0.500. The first-order chi connectivity index (χ1) is 15.2. The van der Waals surface area contributed by atoms with E-state index in [-0.39, 0.29) is 48.4 Å². The van der Waals surface area contributed by atoms with Gasteiger partial charge in [-0.25, -0.2) is 0 Å². The van der Waals surface area contributed by atoms with Crippen LogP contribution in [0.15, 0.2) is 60.7 Å². The Hall–Kier alpha value is -1.02. The Morgan fingerprint density at radius 3 is 1.18 bits per heavy atom. The van der Waals surface area contributed by atoms with Crippen LogP contribution in [0.2, 0.25) is 0 Å². The molecule has 0 aliphatic heterocycles. The van der Waals surface area contributed by atoms with Crippen LogP contribution in [0.4, 0.5) is 0 Å². The van der Waals surface area contributed by atoms with Gasteiger partial charge in [-0.2, -0.15) is 0 Å². The van der Waals surface area contributed by atoms with Crippen molar-refractivity contribution in [2.45, 2.75) is 89.9 Å². The number of hydrogen-bond acceptors (Lipinski definition) is 4. The fourth-order valence-electron chi connectivity index (χ4n) is 3.80. The molecule has 2 atom stereocenters. The molecule has 0 amide bonds. The predicted octanol–water partition coefficient (Wildman–Crippen LogP) is -1.44. The van der Waals surface area contributed by atoms with Gasteiger partial charge in [-0.3, -0.25) is 0 Å². The molecule has 2 unspecified atom stereocenters. The van der Waals surface area contributed by atoms with E-state index in [1.54, 1.807) is 13.8 Å². The Bertz CT molecular complexity index is 746. The Kier molecular flexibility index (Phi) is 18.9. The molecule has 4 nitrogen and oxygen atoms in total. The number of aliphatic carboxylic acids is 2. The van der Waals surface area contributed by atoms with Crippen LogP contribution in [0.1, 0.15) is 90.2 Å². The summed E-state index contributed by atoms with van der Waals surface area (Å²) in [6, 6.07) is 18.7. The number of unbranched alkanes of at least 4 members (excludes halogenated alkanes) is 4. The quantitative estimate of drug-likeness (QED) is 0.282. The van der Waals surface area contributed by atoms with Crippen LogP contribution < -0.4 is 58.6 Å². The maximum absolute atomic E-state index is 11.3. The van der Waals surface area contributed by atoms with Crippen molar-refractivity contribution in [3.8, 4) is 0 Å². The maximum atomic E-state index is 11.3. The largest absolute Gasteiger partial charge is 1.00 e. The van der Waals surface area contributed by atoms with Gasteiger partial charge in [0.25, 0.3) is 0 Å². The van der Waals surface area contributed by atoms with Gasteiger partial charge in [-0.05, 0) is 24.0 Å². The van der Waals surface area contributed by atoms with Crippen molar-refractivity contribution in [1.82, 2.24) is 0 Å². The second-order valence-electron chi connectivity index (χ2n) is 8.89. The zero-order valence-electron chi connectivity index (χ0n) is 22.1. The summed E-state index contributed by atoms with van der Waals surface area (Å²) < 4.78 is 0. The summed E-state index contributed by atoms with van der Waals surface area (Å²) in [5, 5.41) is 22.6. The van der Waals surface area contributed by atoms with Gasteiger partial charge >= 0.3 is 48.4 Å². The molecule has 0 fully saturated rings. The minimum absolute atomic E-state index is 0. The van der Waals surface area contributed by atoms with Gasteiger partial charge in [0.05, 0.1) is 11.9 Å². The summed E-state index contributed by atoms with van der Waals surface area (Å²) >= 11 is 0. The standard InChI is InChI=1S/2C14H20O2.Li.Na/c2*1-3-4-8-11-14(2,13(15)16)12-9-6-5-7-10-12;;/h2*5-7,9-10H,3-4,8,11H2,1-2H3,(H,15,16);;/q;;2*+1/p-2. The molecule has 2 aromatic carbocycles. The van der Waals surface area contributed by atoms with Crippen molar-refractivity contribution in [2.24, 2.45) is 0 Å². The first-order valence-electron chi connectivity index (χ1n) is 11.8. The molecule has 176 valence electrons. The van der Waals surface area contributed by atoms with Crippen LogP contribution >= 0.6 is 0 Å². The van der Waals surface area contributed by atoms with Crippen LogP contribution in [-0.2, 0) is 20.4 Å². The molecule has 0 saturated heterocycles. The first-order valence-corrected chi connectivity index (χ1v) is 11.8. The molecule has 34 heavy (non-hydrogen) atoms. The average Bonchev–Trinajstić information content (AvgIpc) is 2.80. The van der Waals surface area contributed by atoms with E-state index in [4.69, 9.17) is 0 Å². The van der Waals surface area contributed by atoms with E-state index >= 15 is 0 Å². The van der Waals surface area contributed by atoms with Crippen LogP contribution in [0.3, 0.4) is 0 Å². The topological polar surface area (TPSA) is 80.3 Å². The van der Waals surface area contributed by atoms with Gasteiger partial charge in [0, 0.05) is 10.8 Å². The Morgan fingerprint density at radius 2 is 0.941 bits per heavy atom. The smallest absolute Gasteiger partial charge is 0.549 e. The monoisotopic (exact) mass is 468 g/mol. The average molecular weight is 469 g/mol. The molecule has 0 heterocycles. The van der Waals surface area contributed by atoms with Gasteiger partial charge in [-0.15, -0.1) is 0 Å². The Morgan fingerprint density at radius 1 is 0.647 bits per heavy atom. The molecule has 0 aliphatic rings. The molecule has 6 heteroatoms. The normalized spacial score (nSPS) is 13.5. The van der Waals surface area contributed by atoms with E-state index in [2.05, 4.69) is 13.8 Å². The minimum atomic E-state index is -0.977. The number of carbonyl (C=O) groups excluding carboxylic acids is 2. The Labute approximate surface area is 240 Å². The number of carboxylic acid groups (broad SMARTS) is 2. The van der Waals surface area contributed by atoms with Gasteiger partial charge in [0.15, 0.2) is 0 Å². The van der Waals surface area contributed by atoms with Crippen molar-refractivity contribution in [3.05, 3.63) is 71.8 Å². The summed E-state index contributed by atoms with van der Waals surface area (Å²) in [5.41, 5.74) is -0.0236. The third kappa shape index (κ3) is 10.7. The molecule has 0 N–H and O–H groups in total. The first kappa shape index (κ1) is 35.1. The van der Waals surface area contributed by atoms with Crippen LogP contribution in [-0.4, -0.2) is 11.9 Å². The molecule has 0 aliphatic carbocycles. The van der Waals surface area contributed by atoms with Gasteiger partial charge < -0.3 is 19.8 Å². The Balaban J connectivity index is 0. The third-order valence-electron chi connectivity index (χ3n) is 6.28. The summed E-state index contributed by atoms with van der Waals surface area (Å²) in [6.07, 6.45) is 7.47. The molecule has 0 radical (unpaired) electrons. The van der Waals surface area contributed by atoms with E-state index in [9.17, 15) is 19.8 Å². The van der Waals surface area contributed by atoms with E-state index in [1.165, 1.54) is 0 Å². The van der Waals surface area contributed by atoms with Crippen molar-refractivity contribution in [2.75, 3.05) is 0 Å². The third-order valence-corrected chi connectivity index (χ3v) is 6.28. The van der Waals surface area contributed by atoms with Gasteiger partial charge in [0.2, 0.25) is 0 Å². The van der Waals surface area contributed by atoms with E-state index in [0.29, 0.717) is 12.8 Å². The molecular weight excluding hydrogens is 430 g/mol. The van der Waals surface area contributed by atoms with Crippen LogP contribution in [0, 0.1) is 0 Å². The molecule has 0 bridgehead atoms. The summed E-state index contributed by atoms with van der Waals surface area (Å²) in [5.74, 6) is -1.95. The number of benzene rings is 2. The van der Waals surface area contributed by atoms with Crippen molar-refractivity contribution >= 4 is 11.9 Å². The van der Waals surface area contributed by atoms with E-state index in [1.807, 2.05) is 60.7 Å². The van der Waals surface area contributed by atoms with Crippen molar-refractivity contribution < 1.29 is 68.2 Å². The minimum Gasteiger partial charge on any atom is -0.549 e. The molecule has 0 aromatic heterocycles. The zero-order valence-corrected chi connectivity index (χ0v) is 24.1. The van der Waals surface area contributed by atoms with Crippen molar-refractivity contribution in [3.63, 3.8) is 0 Å². The second-order valence-corrected chi connectivity index (χ2v) is 8.89. The fourth-order valence-corrected chi connectivity index (χ4v) is 3.80. The summed E-state index contributed by atoms with van der Waals surface area (Å²) in [7, 11) is 0. The molecular formula is C28H38LiNaO4. The maximum Gasteiger partial charge on any atom is 1.00 e. The van der Waals surface area contributed by atoms with Crippen LogP contribution in [0.25, 0.3) is 0 Å². The number of hydrogen-bond donors (Lipinski definition) is 0. The predicted molar refractivity (Wildman–Crippen MR) is 126 cm³/mol. The summed E-state index contributed by atoms with van der Waals surface area (Å²) in [6.45, 7) is 7.73. The summed E-state index contributed by atoms with van der Waals surface area (Å²) in [4.78, 5) is 22.6. The van der Waals surface area contributed by atoms with Crippen molar-refractivity contribution in [1.29, 1.82) is 0 Å². The number of carboxylic acids is 2.